The van der Waals surface area contributed by atoms with E-state index in [4.69, 9.17) is 0 Å². The number of nitrogens with one attached hydrogen (secondary N) is 1. The molecule has 1 unspecified atom stereocenters. The van der Waals surface area contributed by atoms with Crippen LogP contribution in [0.1, 0.15) is 38.7 Å². The Morgan fingerprint density at radius 2 is 2.10 bits per heavy atom. The zero-order valence-corrected chi connectivity index (χ0v) is 14.1. The highest BCUT2D eigenvalue weighted by molar-refractivity contribution is 7.98. The fraction of sp³-hybridized carbons (Fsp3) is 0.588. The average Bonchev–Trinajstić information content (AvgIpc) is 2.51. The van der Waals surface area contributed by atoms with Crippen molar-refractivity contribution in [3.63, 3.8) is 0 Å². The van der Waals surface area contributed by atoms with Gasteiger partial charge >= 0.3 is 0 Å². The van der Waals surface area contributed by atoms with Crippen LogP contribution in [0, 0.1) is 0 Å². The normalized spacial score (nSPS) is 21.9. The van der Waals surface area contributed by atoms with Gasteiger partial charge in [0.2, 0.25) is 5.91 Å². The van der Waals surface area contributed by atoms with Crippen molar-refractivity contribution in [3.05, 3.63) is 29.8 Å². The predicted octanol–water partition coefficient (Wildman–Crippen LogP) is 3.29. The number of unbranched alkanes of at least 4 members (excludes halogenated alkanes) is 1. The zero-order chi connectivity index (χ0) is 15.3. The summed E-state index contributed by atoms with van der Waals surface area (Å²) in [5, 5.41) is 3.08. The minimum Gasteiger partial charge on any atom is -0.354 e. The van der Waals surface area contributed by atoms with Gasteiger partial charge in [0, 0.05) is 24.5 Å². The number of amides is 1. The first-order chi connectivity index (χ1) is 10.1. The van der Waals surface area contributed by atoms with E-state index in [0.717, 1.165) is 38.9 Å². The quantitative estimate of drug-likeness (QED) is 0.620. The molecule has 1 saturated heterocycles. The fourth-order valence-corrected chi connectivity index (χ4v) is 3.04. The topological polar surface area (TPSA) is 32.3 Å². The average molecular weight is 306 g/mol. The SMILES string of the molecule is CCCCNC(=O)C1(C)CCN1Cc1ccc(SC)cc1. The molecule has 1 atom stereocenters. The molecule has 1 aromatic rings. The molecule has 2 rings (SSSR count). The molecule has 1 aliphatic rings. The number of hydrogen-bond acceptors (Lipinski definition) is 3. The van der Waals surface area contributed by atoms with Crippen LogP contribution in [0.3, 0.4) is 0 Å². The number of rotatable bonds is 7. The van der Waals surface area contributed by atoms with E-state index in [2.05, 4.69) is 54.6 Å². The summed E-state index contributed by atoms with van der Waals surface area (Å²) in [6, 6.07) is 8.63. The lowest BCUT2D eigenvalue weighted by atomic mass is 9.85. The van der Waals surface area contributed by atoms with Crippen LogP contribution in [-0.4, -0.2) is 35.7 Å². The Hall–Kier alpha value is -1.00. The van der Waals surface area contributed by atoms with Gasteiger partial charge in [0.25, 0.3) is 0 Å². The van der Waals surface area contributed by atoms with Gasteiger partial charge in [-0.2, -0.15) is 0 Å². The van der Waals surface area contributed by atoms with E-state index in [1.807, 2.05) is 0 Å². The highest BCUT2D eigenvalue weighted by Gasteiger charge is 2.46. The number of carbonyl (C=O) groups is 1. The van der Waals surface area contributed by atoms with Gasteiger partial charge in [-0.05, 0) is 43.7 Å². The molecule has 0 radical (unpaired) electrons. The van der Waals surface area contributed by atoms with Crippen LogP contribution in [0.5, 0.6) is 0 Å². The highest BCUT2D eigenvalue weighted by Crippen LogP contribution is 2.32. The summed E-state index contributed by atoms with van der Waals surface area (Å²) in [4.78, 5) is 15.9. The van der Waals surface area contributed by atoms with Crippen LogP contribution in [0.4, 0.5) is 0 Å². The first-order valence-electron chi connectivity index (χ1n) is 7.76. The van der Waals surface area contributed by atoms with Crippen LogP contribution in [0.2, 0.25) is 0 Å². The third kappa shape index (κ3) is 3.80. The maximum absolute atomic E-state index is 12.4. The van der Waals surface area contributed by atoms with Crippen molar-refractivity contribution in [2.45, 2.75) is 50.1 Å². The molecule has 0 bridgehead atoms. The van der Waals surface area contributed by atoms with Gasteiger partial charge in [0.15, 0.2) is 0 Å². The summed E-state index contributed by atoms with van der Waals surface area (Å²) < 4.78 is 0. The summed E-state index contributed by atoms with van der Waals surface area (Å²) in [5.41, 5.74) is 0.950. The number of thioether (sulfide) groups is 1. The third-order valence-electron chi connectivity index (χ3n) is 4.40. The molecule has 1 fully saturated rings. The van der Waals surface area contributed by atoms with E-state index in [1.165, 1.54) is 10.5 Å². The maximum Gasteiger partial charge on any atom is 0.240 e. The Morgan fingerprint density at radius 3 is 2.62 bits per heavy atom. The summed E-state index contributed by atoms with van der Waals surface area (Å²) in [6.45, 7) is 6.85. The lowest BCUT2D eigenvalue weighted by Crippen LogP contribution is -2.65. The molecule has 1 heterocycles. The fourth-order valence-electron chi connectivity index (χ4n) is 2.64. The second kappa shape index (κ2) is 7.32. The summed E-state index contributed by atoms with van der Waals surface area (Å²) in [6.07, 6.45) is 5.20. The second-order valence-corrected chi connectivity index (χ2v) is 6.78. The van der Waals surface area contributed by atoms with Crippen LogP contribution in [-0.2, 0) is 11.3 Å². The van der Waals surface area contributed by atoms with Gasteiger partial charge < -0.3 is 5.32 Å². The Labute approximate surface area is 132 Å². The molecule has 1 N–H and O–H groups in total. The van der Waals surface area contributed by atoms with Crippen molar-refractivity contribution in [1.82, 2.24) is 10.2 Å². The van der Waals surface area contributed by atoms with E-state index >= 15 is 0 Å². The van der Waals surface area contributed by atoms with E-state index in [-0.39, 0.29) is 11.4 Å². The zero-order valence-electron chi connectivity index (χ0n) is 13.3. The standard InChI is InChI=1S/C17H26N2OS/c1-4-5-11-18-16(20)17(2)10-12-19(17)13-14-6-8-15(21-3)9-7-14/h6-9H,4-5,10-13H2,1-3H3,(H,18,20). The van der Waals surface area contributed by atoms with E-state index in [1.54, 1.807) is 11.8 Å². The highest BCUT2D eigenvalue weighted by atomic mass is 32.2. The van der Waals surface area contributed by atoms with Gasteiger partial charge in [-0.25, -0.2) is 0 Å². The van der Waals surface area contributed by atoms with Gasteiger partial charge in [-0.3, -0.25) is 9.69 Å². The van der Waals surface area contributed by atoms with Crippen molar-refractivity contribution < 1.29 is 4.79 Å². The number of benzene rings is 1. The predicted molar refractivity (Wildman–Crippen MR) is 89.6 cm³/mol. The molecule has 3 nitrogen and oxygen atoms in total. The first-order valence-corrected chi connectivity index (χ1v) is 8.99. The molecular weight excluding hydrogens is 280 g/mol. The number of carbonyl (C=O) groups excluding carboxylic acids is 1. The Morgan fingerprint density at radius 1 is 1.38 bits per heavy atom. The molecule has 0 aromatic heterocycles. The molecule has 0 saturated carbocycles. The second-order valence-electron chi connectivity index (χ2n) is 5.90. The third-order valence-corrected chi connectivity index (χ3v) is 5.15. The minimum absolute atomic E-state index is 0.183. The summed E-state index contributed by atoms with van der Waals surface area (Å²) in [7, 11) is 0. The van der Waals surface area contributed by atoms with Crippen LogP contribution in [0.15, 0.2) is 29.2 Å². The van der Waals surface area contributed by atoms with E-state index in [9.17, 15) is 4.79 Å². The molecule has 1 aromatic carbocycles. The van der Waals surface area contributed by atoms with Crippen molar-refractivity contribution in [1.29, 1.82) is 0 Å². The minimum atomic E-state index is -0.327. The molecule has 4 heteroatoms. The van der Waals surface area contributed by atoms with Crippen molar-refractivity contribution in [2.75, 3.05) is 19.3 Å². The lowest BCUT2D eigenvalue weighted by Gasteiger charge is -2.49. The van der Waals surface area contributed by atoms with Gasteiger partial charge in [0.05, 0.1) is 5.54 Å². The summed E-state index contributed by atoms with van der Waals surface area (Å²) >= 11 is 1.75. The van der Waals surface area contributed by atoms with Crippen LogP contribution >= 0.6 is 11.8 Å². The number of nitrogens with zero attached hydrogens (tertiary/aromatic N) is 1. The first kappa shape index (κ1) is 16.4. The molecule has 116 valence electrons. The van der Waals surface area contributed by atoms with Gasteiger partial charge in [-0.1, -0.05) is 25.5 Å². The molecule has 1 amide bonds. The molecule has 1 aliphatic heterocycles. The molecule has 21 heavy (non-hydrogen) atoms. The Kier molecular flexibility index (Phi) is 5.71. The van der Waals surface area contributed by atoms with Gasteiger partial charge in [-0.15, -0.1) is 11.8 Å². The van der Waals surface area contributed by atoms with Crippen LogP contribution in [0.25, 0.3) is 0 Å². The molecule has 0 aliphatic carbocycles. The van der Waals surface area contributed by atoms with Crippen molar-refractivity contribution >= 4 is 17.7 Å². The van der Waals surface area contributed by atoms with Crippen molar-refractivity contribution in [3.8, 4) is 0 Å². The van der Waals surface area contributed by atoms with Crippen molar-refractivity contribution in [2.24, 2.45) is 0 Å². The Bertz CT molecular complexity index is 474. The monoisotopic (exact) mass is 306 g/mol. The van der Waals surface area contributed by atoms with Gasteiger partial charge in [0.1, 0.15) is 0 Å². The van der Waals surface area contributed by atoms with E-state index in [0.29, 0.717) is 0 Å². The number of likely N-dealkylation sites (tertiary alicyclic amines) is 1. The lowest BCUT2D eigenvalue weighted by molar-refractivity contribution is -0.141. The molecule has 0 spiro atoms. The largest absolute Gasteiger partial charge is 0.354 e. The smallest absolute Gasteiger partial charge is 0.240 e. The summed E-state index contributed by atoms with van der Waals surface area (Å²) in [5.74, 6) is 0.183. The maximum atomic E-state index is 12.4. The Balaban J connectivity index is 1.92. The molecular formula is C17H26N2OS. The number of hydrogen-bond donors (Lipinski definition) is 1. The van der Waals surface area contributed by atoms with E-state index < -0.39 is 0 Å². The van der Waals surface area contributed by atoms with Crippen LogP contribution < -0.4 is 5.32 Å².